The molecule has 3 aromatic rings. The lowest BCUT2D eigenvalue weighted by Gasteiger charge is -2.25. The van der Waals surface area contributed by atoms with E-state index in [0.29, 0.717) is 36.0 Å². The number of pyridine rings is 1. The summed E-state index contributed by atoms with van der Waals surface area (Å²) in [6, 6.07) is 15.5. The number of ether oxygens (including phenoxy) is 1. The van der Waals surface area contributed by atoms with Crippen LogP contribution >= 0.6 is 23.2 Å². The highest BCUT2D eigenvalue weighted by atomic mass is 35.5. The molecule has 1 aliphatic rings. The number of nitrogens with one attached hydrogen (secondary N) is 1. The van der Waals surface area contributed by atoms with Crippen LogP contribution < -0.4 is 15.0 Å². The first-order valence-electron chi connectivity index (χ1n) is 12.5. The summed E-state index contributed by atoms with van der Waals surface area (Å²) in [7, 11) is -2.29. The Morgan fingerprint density at radius 2 is 1.72 bits per heavy atom. The van der Waals surface area contributed by atoms with E-state index >= 15 is 0 Å². The molecule has 8 nitrogen and oxygen atoms in total. The quantitative estimate of drug-likeness (QED) is 0.377. The molecule has 4 rings (SSSR count). The summed E-state index contributed by atoms with van der Waals surface area (Å²) < 4.78 is 35.3. The maximum Gasteiger partial charge on any atom is 0.304 e. The van der Waals surface area contributed by atoms with E-state index < -0.39 is 16.1 Å². The average Bonchev–Trinajstić information content (AvgIpc) is 2.94. The summed E-state index contributed by atoms with van der Waals surface area (Å²) in [6.45, 7) is 1.10. The fourth-order valence-electron chi connectivity index (χ4n) is 4.34. The highest BCUT2D eigenvalue weighted by Crippen LogP contribution is 2.22. The molecule has 39 heavy (non-hydrogen) atoms. The minimum atomic E-state index is -3.88. The van der Waals surface area contributed by atoms with Crippen LogP contribution in [-0.2, 0) is 23.2 Å². The van der Waals surface area contributed by atoms with Gasteiger partial charge in [0.2, 0.25) is 0 Å². The lowest BCUT2D eigenvalue weighted by molar-refractivity contribution is 0.0978. The van der Waals surface area contributed by atoms with Crippen molar-refractivity contribution in [2.75, 3.05) is 20.2 Å². The van der Waals surface area contributed by atoms with Gasteiger partial charge >= 0.3 is 10.2 Å². The van der Waals surface area contributed by atoms with Gasteiger partial charge in [-0.25, -0.2) is 4.72 Å². The number of halogens is 2. The molecular formula is C28H29Cl2N3O5S. The van der Waals surface area contributed by atoms with Crippen LogP contribution in [0, 0.1) is 0 Å². The number of rotatable bonds is 9. The molecule has 0 radical (unpaired) electrons. The summed E-state index contributed by atoms with van der Waals surface area (Å²) in [5.41, 5.74) is 2.08. The molecule has 2 aromatic carbocycles. The average molecular weight is 591 g/mol. The minimum Gasteiger partial charge on any atom is -0.497 e. The molecule has 2 heterocycles. The lowest BCUT2D eigenvalue weighted by Crippen LogP contribution is -2.45. The third-order valence-electron chi connectivity index (χ3n) is 6.48. The second-order valence-corrected chi connectivity index (χ2v) is 11.6. The van der Waals surface area contributed by atoms with Gasteiger partial charge in [-0.2, -0.15) is 12.7 Å². The van der Waals surface area contributed by atoms with Gasteiger partial charge in [0.05, 0.1) is 17.8 Å². The van der Waals surface area contributed by atoms with Gasteiger partial charge in [0.1, 0.15) is 10.8 Å². The van der Waals surface area contributed by atoms with Crippen molar-refractivity contribution in [2.24, 2.45) is 0 Å². The van der Waals surface area contributed by atoms with Crippen molar-refractivity contribution < 1.29 is 17.9 Å². The van der Waals surface area contributed by atoms with E-state index in [4.69, 9.17) is 27.9 Å². The number of carbonyl (C=O) groups excluding carboxylic acids is 1. The maximum atomic E-state index is 12.9. The minimum absolute atomic E-state index is 0.0143. The molecule has 1 saturated heterocycles. The summed E-state index contributed by atoms with van der Waals surface area (Å²) in [5.74, 6) is 0.0212. The van der Waals surface area contributed by atoms with E-state index in [0.717, 1.165) is 30.4 Å². The van der Waals surface area contributed by atoms with Crippen LogP contribution in [0.2, 0.25) is 10.0 Å². The Hall–Kier alpha value is -3.11. The van der Waals surface area contributed by atoms with Gasteiger partial charge < -0.3 is 9.30 Å². The molecule has 1 amide bonds. The van der Waals surface area contributed by atoms with Gasteiger partial charge in [-0.15, -0.1) is 0 Å². The van der Waals surface area contributed by atoms with Crippen LogP contribution in [0.5, 0.6) is 5.75 Å². The predicted octanol–water partition coefficient (Wildman–Crippen LogP) is 5.04. The van der Waals surface area contributed by atoms with Crippen molar-refractivity contribution >= 4 is 51.5 Å². The van der Waals surface area contributed by atoms with Gasteiger partial charge in [-0.3, -0.25) is 9.59 Å². The zero-order valence-electron chi connectivity index (χ0n) is 21.4. The number of hydrogen-bond donors (Lipinski definition) is 1. The van der Waals surface area contributed by atoms with Crippen LogP contribution in [0.3, 0.4) is 0 Å². The molecule has 11 heteroatoms. The number of aryl methyl sites for hydroxylation is 1. The number of benzene rings is 2. The van der Waals surface area contributed by atoms with Crippen LogP contribution in [0.25, 0.3) is 12.2 Å². The zero-order chi connectivity index (χ0) is 28.0. The Balaban J connectivity index is 1.48. The maximum absolute atomic E-state index is 12.9. The first kappa shape index (κ1) is 28.9. The number of methoxy groups -OCH3 is 1. The molecule has 0 bridgehead atoms. The molecule has 0 saturated carbocycles. The van der Waals surface area contributed by atoms with Crippen LogP contribution in [0.1, 0.15) is 46.4 Å². The standard InChI is InChI=1S/C28H29Cl2N3O5S/c1-38-23-7-5-6-21(18-23)10-13-26-24(29)19-25(30)28(35)33(26)17-14-20-8-11-22(12-9-20)27(34)31-39(36,37)32-15-3-2-4-16-32/h5-13,18-19H,2-4,14-17H2,1H3,(H,31,34). The molecule has 0 aliphatic carbocycles. The number of amides is 1. The van der Waals surface area contributed by atoms with Crippen molar-refractivity contribution in [3.63, 3.8) is 0 Å². The number of nitrogens with zero attached hydrogens (tertiary/aromatic N) is 2. The smallest absolute Gasteiger partial charge is 0.304 e. The van der Waals surface area contributed by atoms with Gasteiger partial charge in [0, 0.05) is 25.2 Å². The van der Waals surface area contributed by atoms with Gasteiger partial charge in [0.25, 0.3) is 11.5 Å². The predicted molar refractivity (Wildman–Crippen MR) is 155 cm³/mol. The SMILES string of the molecule is COc1cccc(C=Cc2c(Cl)cc(Cl)c(=O)n2CCc2ccc(C(=O)NS(=O)(=O)N3CCCCC3)cc2)c1. The van der Waals surface area contributed by atoms with Gasteiger partial charge in [-0.05, 0) is 66.8 Å². The third-order valence-corrected chi connectivity index (χ3v) is 8.54. The fourth-order valence-corrected chi connectivity index (χ4v) is 6.10. The summed E-state index contributed by atoms with van der Waals surface area (Å²) in [5, 5.41) is 0.348. The van der Waals surface area contributed by atoms with Gasteiger partial charge in [0.15, 0.2) is 0 Å². The highest BCUT2D eigenvalue weighted by molar-refractivity contribution is 7.87. The van der Waals surface area contributed by atoms with Crippen molar-refractivity contribution in [1.82, 2.24) is 13.6 Å². The van der Waals surface area contributed by atoms with E-state index in [1.165, 1.54) is 14.9 Å². The van der Waals surface area contributed by atoms with Crippen molar-refractivity contribution in [3.8, 4) is 5.75 Å². The molecule has 1 fully saturated rings. The summed E-state index contributed by atoms with van der Waals surface area (Å²) >= 11 is 12.6. The first-order chi connectivity index (χ1) is 18.7. The summed E-state index contributed by atoms with van der Waals surface area (Å²) in [6.07, 6.45) is 6.58. The van der Waals surface area contributed by atoms with Crippen LogP contribution in [0.4, 0.5) is 0 Å². The van der Waals surface area contributed by atoms with E-state index in [2.05, 4.69) is 4.72 Å². The van der Waals surface area contributed by atoms with E-state index in [1.807, 2.05) is 30.3 Å². The molecule has 1 aliphatic heterocycles. The van der Waals surface area contributed by atoms with Crippen molar-refractivity contribution in [3.05, 3.63) is 97.4 Å². The second kappa shape index (κ2) is 12.8. The number of piperidine rings is 1. The molecule has 1 aromatic heterocycles. The number of aromatic nitrogens is 1. The topological polar surface area (TPSA) is 97.7 Å². The van der Waals surface area contributed by atoms with Crippen molar-refractivity contribution in [1.29, 1.82) is 0 Å². The Labute approximate surface area is 238 Å². The molecule has 0 atom stereocenters. The Bertz CT molecular complexity index is 1530. The molecular weight excluding hydrogens is 561 g/mol. The zero-order valence-corrected chi connectivity index (χ0v) is 23.7. The molecule has 0 spiro atoms. The second-order valence-electron chi connectivity index (χ2n) is 9.14. The Morgan fingerprint density at radius 3 is 2.41 bits per heavy atom. The van der Waals surface area contributed by atoms with E-state index in [9.17, 15) is 18.0 Å². The molecule has 0 unspecified atom stereocenters. The summed E-state index contributed by atoms with van der Waals surface area (Å²) in [4.78, 5) is 25.5. The molecule has 206 valence electrons. The number of hydrogen-bond acceptors (Lipinski definition) is 5. The van der Waals surface area contributed by atoms with Crippen molar-refractivity contribution in [2.45, 2.75) is 32.2 Å². The fraction of sp³-hybridized carbons (Fsp3) is 0.286. The van der Waals surface area contributed by atoms with Crippen LogP contribution in [-0.4, -0.2) is 43.4 Å². The Kier molecular flexibility index (Phi) is 9.50. The van der Waals surface area contributed by atoms with Crippen LogP contribution in [0.15, 0.2) is 59.4 Å². The monoisotopic (exact) mass is 589 g/mol. The number of carbonyl (C=O) groups is 1. The van der Waals surface area contributed by atoms with E-state index in [-0.39, 0.29) is 22.7 Å². The normalized spacial score (nSPS) is 14.4. The third kappa shape index (κ3) is 7.30. The highest BCUT2D eigenvalue weighted by Gasteiger charge is 2.26. The molecule has 1 N–H and O–H groups in total. The lowest BCUT2D eigenvalue weighted by atomic mass is 10.1. The van der Waals surface area contributed by atoms with Gasteiger partial charge in [-0.1, -0.05) is 60.0 Å². The largest absolute Gasteiger partial charge is 0.497 e. The first-order valence-corrected chi connectivity index (χ1v) is 14.7. The Morgan fingerprint density at radius 1 is 1.00 bits per heavy atom. The van der Waals surface area contributed by atoms with E-state index in [1.54, 1.807) is 37.5 Å².